The molecule has 3 atom stereocenters. The molecule has 1 saturated carbocycles. The highest BCUT2D eigenvalue weighted by atomic mass is 16.2. The number of nitrogens with zero attached hydrogens (tertiary/aromatic N) is 1. The molecule has 3 unspecified atom stereocenters. The SMILES string of the molecule is CCN(CC1CCCCN1)C(=O)C1CC1C. The van der Waals surface area contributed by atoms with Crippen LogP contribution in [0, 0.1) is 11.8 Å². The second kappa shape index (κ2) is 5.17. The first-order valence-corrected chi connectivity index (χ1v) is 6.74. The van der Waals surface area contributed by atoms with Gasteiger partial charge in [0.25, 0.3) is 0 Å². The molecule has 0 spiro atoms. The first-order valence-electron chi connectivity index (χ1n) is 6.74. The Bertz CT molecular complexity index is 248. The van der Waals surface area contributed by atoms with Crippen molar-refractivity contribution >= 4 is 5.91 Å². The van der Waals surface area contributed by atoms with Crippen molar-refractivity contribution in [3.63, 3.8) is 0 Å². The smallest absolute Gasteiger partial charge is 0.226 e. The molecule has 16 heavy (non-hydrogen) atoms. The van der Waals surface area contributed by atoms with Gasteiger partial charge in [0, 0.05) is 25.0 Å². The lowest BCUT2D eigenvalue weighted by Gasteiger charge is -2.30. The van der Waals surface area contributed by atoms with Gasteiger partial charge in [-0.05, 0) is 38.6 Å². The summed E-state index contributed by atoms with van der Waals surface area (Å²) in [6.45, 7) is 7.16. The number of piperidine rings is 1. The van der Waals surface area contributed by atoms with Crippen LogP contribution in [0.25, 0.3) is 0 Å². The Morgan fingerprint density at radius 3 is 2.69 bits per heavy atom. The summed E-state index contributed by atoms with van der Waals surface area (Å²) < 4.78 is 0. The normalized spacial score (nSPS) is 33.5. The molecule has 3 heteroatoms. The number of likely N-dealkylation sites (N-methyl/N-ethyl adjacent to an activating group) is 1. The highest BCUT2D eigenvalue weighted by Gasteiger charge is 2.41. The molecule has 0 aromatic carbocycles. The van der Waals surface area contributed by atoms with E-state index in [9.17, 15) is 4.79 Å². The van der Waals surface area contributed by atoms with Crippen molar-refractivity contribution in [2.75, 3.05) is 19.6 Å². The van der Waals surface area contributed by atoms with Gasteiger partial charge in [0.15, 0.2) is 0 Å². The zero-order valence-electron chi connectivity index (χ0n) is 10.5. The standard InChI is InChI=1S/C13H24N2O/c1-3-15(13(16)12-8-10(12)2)9-11-6-4-5-7-14-11/h10-12,14H,3-9H2,1-2H3. The van der Waals surface area contributed by atoms with Crippen LogP contribution in [0.3, 0.4) is 0 Å². The Balaban J connectivity index is 1.82. The summed E-state index contributed by atoms with van der Waals surface area (Å²) in [6.07, 6.45) is 4.93. The largest absolute Gasteiger partial charge is 0.341 e. The molecule has 1 aliphatic heterocycles. The zero-order valence-corrected chi connectivity index (χ0v) is 10.5. The fourth-order valence-electron chi connectivity index (χ4n) is 2.62. The fraction of sp³-hybridized carbons (Fsp3) is 0.923. The van der Waals surface area contributed by atoms with Gasteiger partial charge in [0.1, 0.15) is 0 Å². The van der Waals surface area contributed by atoms with Crippen molar-refractivity contribution in [1.29, 1.82) is 0 Å². The molecule has 0 radical (unpaired) electrons. The van der Waals surface area contributed by atoms with Crippen molar-refractivity contribution in [3.8, 4) is 0 Å². The molecule has 1 amide bonds. The van der Waals surface area contributed by atoms with Crippen LogP contribution in [0.1, 0.15) is 39.5 Å². The quantitative estimate of drug-likeness (QED) is 0.787. The van der Waals surface area contributed by atoms with Crippen molar-refractivity contribution in [1.82, 2.24) is 10.2 Å². The Morgan fingerprint density at radius 2 is 2.19 bits per heavy atom. The summed E-state index contributed by atoms with van der Waals surface area (Å²) in [5.41, 5.74) is 0. The first kappa shape index (κ1) is 11.9. The maximum absolute atomic E-state index is 12.1. The Labute approximate surface area is 98.6 Å². The van der Waals surface area contributed by atoms with Crippen LogP contribution >= 0.6 is 0 Å². The van der Waals surface area contributed by atoms with E-state index in [-0.39, 0.29) is 0 Å². The Morgan fingerprint density at radius 1 is 1.44 bits per heavy atom. The highest BCUT2D eigenvalue weighted by Crippen LogP contribution is 2.39. The fourth-order valence-corrected chi connectivity index (χ4v) is 2.62. The maximum Gasteiger partial charge on any atom is 0.226 e. The molecule has 1 heterocycles. The van der Waals surface area contributed by atoms with Gasteiger partial charge in [-0.3, -0.25) is 4.79 Å². The molecule has 1 N–H and O–H groups in total. The number of amides is 1. The number of nitrogens with one attached hydrogen (secondary N) is 1. The third-order valence-corrected chi connectivity index (χ3v) is 3.97. The van der Waals surface area contributed by atoms with E-state index in [0.717, 1.165) is 26.1 Å². The van der Waals surface area contributed by atoms with Gasteiger partial charge in [0.2, 0.25) is 5.91 Å². The second-order valence-electron chi connectivity index (χ2n) is 5.34. The van der Waals surface area contributed by atoms with Gasteiger partial charge in [-0.25, -0.2) is 0 Å². The predicted molar refractivity (Wildman–Crippen MR) is 65.2 cm³/mol. The van der Waals surface area contributed by atoms with E-state index in [1.54, 1.807) is 0 Å². The third-order valence-electron chi connectivity index (χ3n) is 3.97. The lowest BCUT2D eigenvalue weighted by Crippen LogP contribution is -2.46. The van der Waals surface area contributed by atoms with Crippen LogP contribution in [-0.4, -0.2) is 36.5 Å². The summed E-state index contributed by atoms with van der Waals surface area (Å²) >= 11 is 0. The Kier molecular flexibility index (Phi) is 3.85. The van der Waals surface area contributed by atoms with Crippen LogP contribution in [0.2, 0.25) is 0 Å². The van der Waals surface area contributed by atoms with Crippen LogP contribution in [0.15, 0.2) is 0 Å². The number of hydrogen-bond donors (Lipinski definition) is 1. The van der Waals surface area contributed by atoms with E-state index >= 15 is 0 Å². The van der Waals surface area contributed by atoms with Crippen molar-refractivity contribution in [3.05, 3.63) is 0 Å². The summed E-state index contributed by atoms with van der Waals surface area (Å²) in [6, 6.07) is 0.534. The second-order valence-corrected chi connectivity index (χ2v) is 5.34. The van der Waals surface area contributed by atoms with Crippen molar-refractivity contribution in [2.24, 2.45) is 11.8 Å². The lowest BCUT2D eigenvalue weighted by molar-refractivity contribution is -0.133. The number of carbonyl (C=O) groups excluding carboxylic acids is 1. The van der Waals surface area contributed by atoms with Gasteiger partial charge in [-0.1, -0.05) is 13.3 Å². The molecule has 2 rings (SSSR count). The van der Waals surface area contributed by atoms with Crippen LogP contribution in [-0.2, 0) is 4.79 Å². The molecule has 0 bridgehead atoms. The maximum atomic E-state index is 12.1. The Hall–Kier alpha value is -0.570. The summed E-state index contributed by atoms with van der Waals surface area (Å²) in [7, 11) is 0. The number of rotatable bonds is 4. The van der Waals surface area contributed by atoms with Gasteiger partial charge < -0.3 is 10.2 Å². The number of carbonyl (C=O) groups is 1. The monoisotopic (exact) mass is 224 g/mol. The lowest BCUT2D eigenvalue weighted by atomic mass is 10.0. The topological polar surface area (TPSA) is 32.3 Å². The molecule has 2 aliphatic rings. The molecular weight excluding hydrogens is 200 g/mol. The molecular formula is C13H24N2O. The number of hydrogen-bond acceptors (Lipinski definition) is 2. The molecule has 2 fully saturated rings. The first-order chi connectivity index (χ1) is 7.72. The minimum Gasteiger partial charge on any atom is -0.341 e. The summed E-state index contributed by atoms with van der Waals surface area (Å²) in [5, 5.41) is 3.52. The minimum absolute atomic E-state index is 0.337. The summed E-state index contributed by atoms with van der Waals surface area (Å²) in [5.74, 6) is 1.35. The van der Waals surface area contributed by atoms with Gasteiger partial charge >= 0.3 is 0 Å². The molecule has 1 saturated heterocycles. The van der Waals surface area contributed by atoms with Gasteiger partial charge in [0.05, 0.1) is 0 Å². The van der Waals surface area contributed by atoms with Crippen LogP contribution < -0.4 is 5.32 Å². The third kappa shape index (κ3) is 2.76. The molecule has 0 aromatic heterocycles. The van der Waals surface area contributed by atoms with E-state index < -0.39 is 0 Å². The van der Waals surface area contributed by atoms with E-state index in [4.69, 9.17) is 0 Å². The van der Waals surface area contributed by atoms with E-state index in [1.165, 1.54) is 19.3 Å². The van der Waals surface area contributed by atoms with Crippen molar-refractivity contribution < 1.29 is 4.79 Å². The highest BCUT2D eigenvalue weighted by molar-refractivity contribution is 5.81. The average Bonchev–Trinajstić information content (AvgIpc) is 3.04. The average molecular weight is 224 g/mol. The molecule has 1 aliphatic carbocycles. The van der Waals surface area contributed by atoms with E-state index in [1.807, 2.05) is 0 Å². The summed E-state index contributed by atoms with van der Waals surface area (Å²) in [4.78, 5) is 14.2. The predicted octanol–water partition coefficient (Wildman–Crippen LogP) is 1.63. The van der Waals surface area contributed by atoms with Crippen molar-refractivity contribution in [2.45, 2.75) is 45.6 Å². The molecule has 3 nitrogen and oxygen atoms in total. The minimum atomic E-state index is 0.337. The van der Waals surface area contributed by atoms with Gasteiger partial charge in [-0.15, -0.1) is 0 Å². The van der Waals surface area contributed by atoms with E-state index in [2.05, 4.69) is 24.1 Å². The van der Waals surface area contributed by atoms with Crippen LogP contribution in [0.5, 0.6) is 0 Å². The molecule has 0 aromatic rings. The van der Waals surface area contributed by atoms with Crippen LogP contribution in [0.4, 0.5) is 0 Å². The van der Waals surface area contributed by atoms with Gasteiger partial charge in [-0.2, -0.15) is 0 Å². The zero-order chi connectivity index (χ0) is 11.5. The molecule has 92 valence electrons. The van der Waals surface area contributed by atoms with E-state index in [0.29, 0.717) is 23.8 Å².